The Morgan fingerprint density at radius 2 is 1.58 bits per heavy atom. The summed E-state index contributed by atoms with van der Waals surface area (Å²) in [5, 5.41) is 2.66. The molecule has 0 aromatic heterocycles. The Bertz CT molecular complexity index is 753. The maximum absolute atomic E-state index is 12.4. The zero-order chi connectivity index (χ0) is 18.9. The molecule has 5 nitrogen and oxygen atoms in total. The molecule has 0 aliphatic carbocycles. The molecule has 2 rings (SSSR count). The van der Waals surface area contributed by atoms with E-state index in [2.05, 4.69) is 5.32 Å². The summed E-state index contributed by atoms with van der Waals surface area (Å²) in [6, 6.07) is 16.1. The Morgan fingerprint density at radius 1 is 0.962 bits per heavy atom. The molecule has 26 heavy (non-hydrogen) atoms. The lowest BCUT2D eigenvalue weighted by Gasteiger charge is -2.16. The number of esters is 1. The predicted molar refractivity (Wildman–Crippen MR) is 99.7 cm³/mol. The van der Waals surface area contributed by atoms with Gasteiger partial charge in [0.2, 0.25) is 0 Å². The number of hydrogen-bond acceptors (Lipinski definition) is 4. The van der Waals surface area contributed by atoms with Gasteiger partial charge in [0, 0.05) is 18.4 Å². The number of carbonyl (C=O) groups is 3. The first-order valence-corrected chi connectivity index (χ1v) is 8.61. The minimum absolute atomic E-state index is 0.0420. The van der Waals surface area contributed by atoms with Gasteiger partial charge in [-0.05, 0) is 29.7 Å². The number of carbonyl (C=O) groups excluding carboxylic acids is 3. The molecule has 5 heteroatoms. The second-order valence-corrected chi connectivity index (χ2v) is 5.92. The summed E-state index contributed by atoms with van der Waals surface area (Å²) in [6.45, 7) is 1.77. The predicted octanol–water partition coefficient (Wildman–Crippen LogP) is 3.38. The molecule has 0 saturated carbocycles. The SMILES string of the molecule is CCC(=O)CC[C@@H](NC(=O)c1ccc(-c2ccccc2)cc1)C(=O)OC. The Kier molecular flexibility index (Phi) is 7.09. The van der Waals surface area contributed by atoms with E-state index in [-0.39, 0.29) is 24.5 Å². The fourth-order valence-electron chi connectivity index (χ4n) is 2.56. The number of benzene rings is 2. The van der Waals surface area contributed by atoms with Crippen molar-refractivity contribution in [3.63, 3.8) is 0 Å². The second-order valence-electron chi connectivity index (χ2n) is 5.92. The third-order valence-electron chi connectivity index (χ3n) is 4.15. The topological polar surface area (TPSA) is 72.5 Å². The number of Topliss-reactive ketones (excluding diaryl/α,β-unsaturated/α-hetero) is 1. The highest BCUT2D eigenvalue weighted by atomic mass is 16.5. The van der Waals surface area contributed by atoms with E-state index in [0.717, 1.165) is 11.1 Å². The highest BCUT2D eigenvalue weighted by molar-refractivity contribution is 5.97. The van der Waals surface area contributed by atoms with Crippen LogP contribution in [0.5, 0.6) is 0 Å². The van der Waals surface area contributed by atoms with Gasteiger partial charge in [-0.2, -0.15) is 0 Å². The van der Waals surface area contributed by atoms with Crippen LogP contribution < -0.4 is 5.32 Å². The third-order valence-corrected chi connectivity index (χ3v) is 4.15. The van der Waals surface area contributed by atoms with Gasteiger partial charge in [-0.25, -0.2) is 4.79 Å². The van der Waals surface area contributed by atoms with E-state index in [1.54, 1.807) is 19.1 Å². The number of nitrogens with one attached hydrogen (secondary N) is 1. The van der Waals surface area contributed by atoms with E-state index in [9.17, 15) is 14.4 Å². The van der Waals surface area contributed by atoms with Crippen LogP contribution >= 0.6 is 0 Å². The van der Waals surface area contributed by atoms with Crippen molar-refractivity contribution < 1.29 is 19.1 Å². The molecule has 0 fully saturated rings. The third kappa shape index (κ3) is 5.28. The largest absolute Gasteiger partial charge is 0.467 e. The highest BCUT2D eigenvalue weighted by Gasteiger charge is 2.22. The lowest BCUT2D eigenvalue weighted by molar-refractivity contribution is -0.143. The molecule has 0 heterocycles. The zero-order valence-electron chi connectivity index (χ0n) is 15.0. The van der Waals surface area contributed by atoms with Crippen molar-refractivity contribution in [2.24, 2.45) is 0 Å². The molecule has 1 amide bonds. The first-order chi connectivity index (χ1) is 12.5. The molecule has 0 saturated heterocycles. The van der Waals surface area contributed by atoms with E-state index in [0.29, 0.717) is 12.0 Å². The van der Waals surface area contributed by atoms with Crippen molar-refractivity contribution in [1.29, 1.82) is 0 Å². The summed E-state index contributed by atoms with van der Waals surface area (Å²) < 4.78 is 4.73. The first kappa shape index (κ1) is 19.4. The monoisotopic (exact) mass is 353 g/mol. The van der Waals surface area contributed by atoms with Crippen LogP contribution in [0.1, 0.15) is 36.5 Å². The maximum atomic E-state index is 12.4. The van der Waals surface area contributed by atoms with Gasteiger partial charge in [0.15, 0.2) is 0 Å². The minimum atomic E-state index is -0.836. The minimum Gasteiger partial charge on any atom is -0.467 e. The fourth-order valence-corrected chi connectivity index (χ4v) is 2.56. The van der Waals surface area contributed by atoms with E-state index in [1.807, 2.05) is 42.5 Å². The van der Waals surface area contributed by atoms with Crippen molar-refractivity contribution in [1.82, 2.24) is 5.32 Å². The second kappa shape index (κ2) is 9.51. The van der Waals surface area contributed by atoms with Crippen molar-refractivity contribution in [2.45, 2.75) is 32.2 Å². The van der Waals surface area contributed by atoms with Gasteiger partial charge in [-0.1, -0.05) is 49.4 Å². The van der Waals surface area contributed by atoms with Crippen LogP contribution in [-0.2, 0) is 14.3 Å². The molecule has 1 atom stereocenters. The standard InChI is InChI=1S/C21H23NO4/c1-3-18(23)13-14-19(21(25)26-2)22-20(24)17-11-9-16(10-12-17)15-7-5-4-6-8-15/h4-12,19H,3,13-14H2,1-2H3,(H,22,24)/t19-/m1/s1. The van der Waals surface area contributed by atoms with Crippen LogP contribution in [0.25, 0.3) is 11.1 Å². The Hall–Kier alpha value is -2.95. The Balaban J connectivity index is 2.06. The van der Waals surface area contributed by atoms with Gasteiger partial charge in [0.05, 0.1) is 7.11 Å². The van der Waals surface area contributed by atoms with Gasteiger partial charge in [0.25, 0.3) is 5.91 Å². The normalized spacial score (nSPS) is 11.5. The molecule has 2 aromatic carbocycles. The van der Waals surface area contributed by atoms with Crippen LogP contribution in [-0.4, -0.2) is 30.8 Å². The molecule has 0 spiro atoms. The maximum Gasteiger partial charge on any atom is 0.328 e. The molecule has 0 aliphatic heterocycles. The summed E-state index contributed by atoms with van der Waals surface area (Å²) >= 11 is 0. The average molecular weight is 353 g/mol. The van der Waals surface area contributed by atoms with Crippen LogP contribution in [0.15, 0.2) is 54.6 Å². The molecular weight excluding hydrogens is 330 g/mol. The highest BCUT2D eigenvalue weighted by Crippen LogP contribution is 2.19. The lowest BCUT2D eigenvalue weighted by Crippen LogP contribution is -2.41. The number of ether oxygens (including phenoxy) is 1. The van der Waals surface area contributed by atoms with E-state index < -0.39 is 12.0 Å². The zero-order valence-corrected chi connectivity index (χ0v) is 15.0. The van der Waals surface area contributed by atoms with E-state index in [1.165, 1.54) is 7.11 Å². The van der Waals surface area contributed by atoms with Crippen molar-refractivity contribution in [3.05, 3.63) is 60.2 Å². The molecule has 0 aliphatic rings. The molecular formula is C21H23NO4. The van der Waals surface area contributed by atoms with Crippen LogP contribution in [0.4, 0.5) is 0 Å². The van der Waals surface area contributed by atoms with Gasteiger partial charge < -0.3 is 10.1 Å². The first-order valence-electron chi connectivity index (χ1n) is 8.61. The van der Waals surface area contributed by atoms with Gasteiger partial charge in [-0.3, -0.25) is 9.59 Å². The van der Waals surface area contributed by atoms with Crippen molar-refractivity contribution >= 4 is 17.7 Å². The fraction of sp³-hybridized carbons (Fsp3) is 0.286. The average Bonchev–Trinajstić information content (AvgIpc) is 2.70. The summed E-state index contributed by atoms with van der Waals surface area (Å²) in [4.78, 5) is 35.8. The Morgan fingerprint density at radius 3 is 2.15 bits per heavy atom. The molecule has 2 aromatic rings. The van der Waals surface area contributed by atoms with Crippen molar-refractivity contribution in [3.8, 4) is 11.1 Å². The summed E-state index contributed by atoms with van der Waals surface area (Å²) in [5.41, 5.74) is 2.51. The van der Waals surface area contributed by atoms with Crippen molar-refractivity contribution in [2.75, 3.05) is 7.11 Å². The number of methoxy groups -OCH3 is 1. The number of rotatable bonds is 8. The molecule has 0 bridgehead atoms. The molecule has 136 valence electrons. The summed E-state index contributed by atoms with van der Waals surface area (Å²) in [6.07, 6.45) is 0.861. The number of amides is 1. The van der Waals surface area contributed by atoms with E-state index in [4.69, 9.17) is 4.74 Å². The number of hydrogen-bond donors (Lipinski definition) is 1. The summed E-state index contributed by atoms with van der Waals surface area (Å²) in [5.74, 6) is -0.882. The van der Waals surface area contributed by atoms with Crippen LogP contribution in [0.2, 0.25) is 0 Å². The number of ketones is 1. The lowest BCUT2D eigenvalue weighted by atomic mass is 10.0. The molecule has 0 unspecified atom stereocenters. The smallest absolute Gasteiger partial charge is 0.328 e. The van der Waals surface area contributed by atoms with Gasteiger partial charge in [0.1, 0.15) is 11.8 Å². The van der Waals surface area contributed by atoms with E-state index >= 15 is 0 Å². The Labute approximate surface area is 153 Å². The van der Waals surface area contributed by atoms with Gasteiger partial charge >= 0.3 is 5.97 Å². The molecule has 0 radical (unpaired) electrons. The van der Waals surface area contributed by atoms with Crippen LogP contribution in [0, 0.1) is 0 Å². The summed E-state index contributed by atoms with van der Waals surface area (Å²) in [7, 11) is 1.26. The van der Waals surface area contributed by atoms with Crippen LogP contribution in [0.3, 0.4) is 0 Å². The molecule has 1 N–H and O–H groups in total. The quantitative estimate of drug-likeness (QED) is 0.739. The van der Waals surface area contributed by atoms with Gasteiger partial charge in [-0.15, -0.1) is 0 Å².